The quantitative estimate of drug-likeness (QED) is 0.433. The van der Waals surface area contributed by atoms with E-state index in [0.29, 0.717) is 0 Å². The van der Waals surface area contributed by atoms with Crippen LogP contribution in [0.15, 0.2) is 90.0 Å². The Morgan fingerprint density at radius 1 is 0.808 bits per heavy atom. The molecule has 0 bridgehead atoms. The van der Waals surface area contributed by atoms with E-state index >= 15 is 0 Å². The summed E-state index contributed by atoms with van der Waals surface area (Å²) in [4.78, 5) is 8.46. The molecule has 122 valence electrons. The Morgan fingerprint density at radius 3 is 2.65 bits per heavy atom. The van der Waals surface area contributed by atoms with Gasteiger partial charge in [0.15, 0.2) is 0 Å². The molecule has 0 spiro atoms. The van der Waals surface area contributed by atoms with Crippen molar-refractivity contribution < 1.29 is 0 Å². The van der Waals surface area contributed by atoms with Crippen LogP contribution in [0.3, 0.4) is 0 Å². The lowest BCUT2D eigenvalue weighted by molar-refractivity contribution is 1.19. The Morgan fingerprint density at radius 2 is 1.65 bits per heavy atom. The number of hydrogen-bond acceptors (Lipinski definition) is 1. The molecular weight excluding hydrogens is 316 g/mol. The average Bonchev–Trinajstić information content (AvgIpc) is 3.25. The van der Waals surface area contributed by atoms with Crippen LogP contribution in [0.25, 0.3) is 27.4 Å². The second-order valence-electron chi connectivity index (χ2n) is 6.93. The number of allylic oxidation sites excluding steroid dienone is 4. The van der Waals surface area contributed by atoms with E-state index in [-0.39, 0.29) is 5.92 Å². The molecule has 1 unspecified atom stereocenters. The zero-order chi connectivity index (χ0) is 17.1. The van der Waals surface area contributed by atoms with Crippen LogP contribution in [0.4, 0.5) is 5.69 Å². The number of aromatic amines is 1. The third-order valence-electron chi connectivity index (χ3n) is 5.46. The van der Waals surface area contributed by atoms with Crippen LogP contribution in [0.5, 0.6) is 0 Å². The highest BCUT2D eigenvalue weighted by atomic mass is 14.8. The molecule has 26 heavy (non-hydrogen) atoms. The molecule has 0 saturated heterocycles. The Labute approximate surface area is 151 Å². The van der Waals surface area contributed by atoms with Gasteiger partial charge in [-0.05, 0) is 29.3 Å². The van der Waals surface area contributed by atoms with E-state index in [1.165, 1.54) is 38.5 Å². The van der Waals surface area contributed by atoms with Crippen molar-refractivity contribution in [2.45, 2.75) is 5.92 Å². The zero-order valence-corrected chi connectivity index (χ0v) is 14.1. The fraction of sp³-hybridized carbons (Fsp3) is 0.0417. The van der Waals surface area contributed by atoms with Crippen molar-refractivity contribution in [2.24, 2.45) is 4.99 Å². The second kappa shape index (κ2) is 5.06. The van der Waals surface area contributed by atoms with Gasteiger partial charge in [-0.25, -0.2) is 0 Å². The number of aromatic nitrogens is 1. The molecular formula is C24H16N2. The highest BCUT2D eigenvalue weighted by Gasteiger charge is 2.26. The Bertz CT molecular complexity index is 1280. The summed E-state index contributed by atoms with van der Waals surface area (Å²) in [7, 11) is 0. The molecule has 0 saturated carbocycles. The van der Waals surface area contributed by atoms with Crippen molar-refractivity contribution in [1.82, 2.24) is 4.98 Å². The zero-order valence-electron chi connectivity index (χ0n) is 14.1. The number of para-hydroxylation sites is 3. The topological polar surface area (TPSA) is 28.1 Å². The molecule has 4 aromatic rings. The minimum absolute atomic E-state index is 0.289. The Balaban J connectivity index is 1.54. The number of hydrogen-bond donors (Lipinski definition) is 1. The highest BCUT2D eigenvalue weighted by molar-refractivity contribution is 6.16. The first-order valence-electron chi connectivity index (χ1n) is 8.96. The van der Waals surface area contributed by atoms with Crippen molar-refractivity contribution in [3.8, 4) is 0 Å². The molecule has 2 heterocycles. The molecule has 1 atom stereocenters. The van der Waals surface area contributed by atoms with Gasteiger partial charge in [0.05, 0.1) is 16.9 Å². The van der Waals surface area contributed by atoms with E-state index in [9.17, 15) is 0 Å². The molecule has 1 N–H and O–H groups in total. The van der Waals surface area contributed by atoms with Crippen molar-refractivity contribution >= 4 is 38.8 Å². The Kier molecular flexibility index (Phi) is 2.69. The monoisotopic (exact) mass is 332 g/mol. The summed E-state index contributed by atoms with van der Waals surface area (Å²) in [6, 6.07) is 23.4. The number of aliphatic imine (C=N–C) groups is 1. The molecule has 2 heteroatoms. The summed E-state index contributed by atoms with van der Waals surface area (Å²) >= 11 is 0. The van der Waals surface area contributed by atoms with Gasteiger partial charge in [-0.2, -0.15) is 0 Å². The highest BCUT2D eigenvalue weighted by Crippen LogP contribution is 2.41. The fourth-order valence-corrected chi connectivity index (χ4v) is 4.23. The first-order valence-corrected chi connectivity index (χ1v) is 8.96. The summed E-state index contributed by atoms with van der Waals surface area (Å²) in [5.41, 5.74) is 8.35. The maximum atomic E-state index is 4.85. The predicted molar refractivity (Wildman–Crippen MR) is 109 cm³/mol. The minimum atomic E-state index is 0.289. The third-order valence-corrected chi connectivity index (χ3v) is 5.46. The van der Waals surface area contributed by atoms with Gasteiger partial charge in [0.2, 0.25) is 0 Å². The first kappa shape index (κ1) is 13.9. The molecule has 6 rings (SSSR count). The lowest BCUT2D eigenvalue weighted by Gasteiger charge is -2.15. The molecule has 1 aliphatic carbocycles. The predicted octanol–water partition coefficient (Wildman–Crippen LogP) is 6.14. The van der Waals surface area contributed by atoms with E-state index < -0.39 is 0 Å². The number of nitrogens with one attached hydrogen (secondary N) is 1. The summed E-state index contributed by atoms with van der Waals surface area (Å²) in [5, 5.41) is 2.54. The molecule has 2 aliphatic rings. The molecule has 3 aromatic carbocycles. The average molecular weight is 332 g/mol. The van der Waals surface area contributed by atoms with Gasteiger partial charge >= 0.3 is 0 Å². The van der Waals surface area contributed by atoms with Gasteiger partial charge in [0.1, 0.15) is 0 Å². The van der Waals surface area contributed by atoms with Crippen molar-refractivity contribution in [2.75, 3.05) is 0 Å². The molecule has 1 aromatic heterocycles. The van der Waals surface area contributed by atoms with E-state index in [0.717, 1.165) is 11.4 Å². The van der Waals surface area contributed by atoms with Crippen LogP contribution in [0.1, 0.15) is 17.0 Å². The molecule has 0 fully saturated rings. The smallest absolute Gasteiger partial charge is 0.0675 e. The van der Waals surface area contributed by atoms with Gasteiger partial charge in [-0.15, -0.1) is 0 Å². The van der Waals surface area contributed by atoms with E-state index in [2.05, 4.69) is 89.9 Å². The maximum Gasteiger partial charge on any atom is 0.0675 e. The van der Waals surface area contributed by atoms with Crippen LogP contribution in [-0.2, 0) is 0 Å². The van der Waals surface area contributed by atoms with Crippen LogP contribution >= 0.6 is 0 Å². The maximum absolute atomic E-state index is 4.85. The van der Waals surface area contributed by atoms with Crippen LogP contribution < -0.4 is 0 Å². The summed E-state index contributed by atoms with van der Waals surface area (Å²) < 4.78 is 0. The van der Waals surface area contributed by atoms with Crippen LogP contribution in [0.2, 0.25) is 0 Å². The summed E-state index contributed by atoms with van der Waals surface area (Å²) in [6.45, 7) is 0. The SMILES string of the molecule is C1=CC2C(=Nc3ccccc32)C=C1c1cccc2c1[nH]c1ccccc12. The van der Waals surface area contributed by atoms with E-state index in [1.807, 2.05) is 0 Å². The van der Waals surface area contributed by atoms with Crippen LogP contribution in [-0.4, -0.2) is 10.7 Å². The fourth-order valence-electron chi connectivity index (χ4n) is 4.23. The van der Waals surface area contributed by atoms with Gasteiger partial charge < -0.3 is 4.98 Å². The summed E-state index contributed by atoms with van der Waals surface area (Å²) in [6.07, 6.45) is 6.76. The van der Waals surface area contributed by atoms with Crippen molar-refractivity contribution in [1.29, 1.82) is 0 Å². The lowest BCUT2D eigenvalue weighted by atomic mass is 9.87. The number of fused-ring (bicyclic) bond motifs is 6. The normalized spacial score (nSPS) is 17.9. The Hall–Kier alpha value is -3.39. The van der Waals surface area contributed by atoms with E-state index in [4.69, 9.17) is 4.99 Å². The van der Waals surface area contributed by atoms with Gasteiger partial charge in [-0.1, -0.05) is 66.7 Å². The largest absolute Gasteiger partial charge is 0.354 e. The van der Waals surface area contributed by atoms with Crippen molar-refractivity contribution in [3.63, 3.8) is 0 Å². The van der Waals surface area contributed by atoms with E-state index in [1.54, 1.807) is 0 Å². The second-order valence-corrected chi connectivity index (χ2v) is 6.93. The third kappa shape index (κ3) is 1.84. The molecule has 0 amide bonds. The van der Waals surface area contributed by atoms with Gasteiger partial charge in [0.25, 0.3) is 0 Å². The van der Waals surface area contributed by atoms with Gasteiger partial charge in [-0.3, -0.25) is 4.99 Å². The number of H-pyrrole nitrogens is 1. The number of rotatable bonds is 1. The summed E-state index contributed by atoms with van der Waals surface area (Å²) in [5.74, 6) is 0.289. The number of benzene rings is 3. The standard InChI is InChI=1S/C24H16N2/c1-3-10-21-17(6-1)19-13-12-15(14-23(19)25-21)16-8-5-9-20-18-7-2-4-11-22(18)26-24(16)20/h1-14,19,26H. The van der Waals surface area contributed by atoms with Crippen LogP contribution in [0, 0.1) is 0 Å². The first-order chi connectivity index (χ1) is 12.9. The molecule has 1 aliphatic heterocycles. The molecule has 0 radical (unpaired) electrons. The van der Waals surface area contributed by atoms with Crippen molar-refractivity contribution in [3.05, 3.63) is 96.1 Å². The minimum Gasteiger partial charge on any atom is -0.354 e. The lowest BCUT2D eigenvalue weighted by Crippen LogP contribution is -2.07. The number of nitrogens with zero attached hydrogens (tertiary/aromatic N) is 1. The molecule has 2 nitrogen and oxygen atoms in total. The van der Waals surface area contributed by atoms with Gasteiger partial charge in [0, 0.05) is 27.8 Å².